The van der Waals surface area contributed by atoms with Crippen molar-refractivity contribution in [3.8, 4) is 0 Å². The SMILES string of the molecule is CCCC(CC)N1CCCCC1.I. The van der Waals surface area contributed by atoms with Gasteiger partial charge in [-0.2, -0.15) is 0 Å². The Morgan fingerprint density at radius 3 is 2.15 bits per heavy atom. The van der Waals surface area contributed by atoms with Crippen LogP contribution in [0.15, 0.2) is 0 Å². The summed E-state index contributed by atoms with van der Waals surface area (Å²) in [5, 5.41) is 0. The van der Waals surface area contributed by atoms with E-state index >= 15 is 0 Å². The zero-order chi connectivity index (χ0) is 8.81. The van der Waals surface area contributed by atoms with Crippen molar-refractivity contribution in [3.63, 3.8) is 0 Å². The van der Waals surface area contributed by atoms with E-state index in [1.54, 1.807) is 0 Å². The summed E-state index contributed by atoms with van der Waals surface area (Å²) in [7, 11) is 0. The smallest absolute Gasteiger partial charge is 0.00925 e. The summed E-state index contributed by atoms with van der Waals surface area (Å²) < 4.78 is 0. The lowest BCUT2D eigenvalue weighted by molar-refractivity contribution is 0.150. The zero-order valence-corrected chi connectivity index (χ0v) is 11.4. The van der Waals surface area contributed by atoms with Gasteiger partial charge in [0.15, 0.2) is 0 Å². The molecule has 1 rings (SSSR count). The Kier molecular flexibility index (Phi) is 8.46. The molecule has 0 bridgehead atoms. The molecule has 1 aliphatic rings. The minimum Gasteiger partial charge on any atom is -0.300 e. The Morgan fingerprint density at radius 2 is 1.69 bits per heavy atom. The molecule has 0 aromatic heterocycles. The fourth-order valence-electron chi connectivity index (χ4n) is 2.26. The Labute approximate surface area is 100 Å². The Morgan fingerprint density at radius 1 is 1.08 bits per heavy atom. The van der Waals surface area contributed by atoms with Crippen molar-refractivity contribution in [2.24, 2.45) is 0 Å². The number of hydrogen-bond acceptors (Lipinski definition) is 1. The Balaban J connectivity index is 0.00000144. The normalized spacial score (nSPS) is 20.8. The van der Waals surface area contributed by atoms with Crippen LogP contribution in [0, 0.1) is 0 Å². The fraction of sp³-hybridized carbons (Fsp3) is 1.00. The van der Waals surface area contributed by atoms with E-state index in [1.807, 2.05) is 0 Å². The van der Waals surface area contributed by atoms with E-state index in [0.29, 0.717) is 0 Å². The maximum Gasteiger partial charge on any atom is 0.00925 e. The van der Waals surface area contributed by atoms with Crippen LogP contribution in [0.5, 0.6) is 0 Å². The summed E-state index contributed by atoms with van der Waals surface area (Å²) in [4.78, 5) is 2.70. The third-order valence-corrected chi connectivity index (χ3v) is 3.00. The quantitative estimate of drug-likeness (QED) is 0.716. The molecule has 1 unspecified atom stereocenters. The van der Waals surface area contributed by atoms with Crippen LogP contribution in [0.2, 0.25) is 0 Å². The van der Waals surface area contributed by atoms with Crippen molar-refractivity contribution in [3.05, 3.63) is 0 Å². The highest BCUT2D eigenvalue weighted by Gasteiger charge is 2.17. The average molecular weight is 297 g/mol. The predicted octanol–water partition coefficient (Wildman–Crippen LogP) is 3.67. The maximum atomic E-state index is 2.70. The van der Waals surface area contributed by atoms with E-state index < -0.39 is 0 Å². The van der Waals surface area contributed by atoms with Gasteiger partial charge in [0.05, 0.1) is 0 Å². The molecule has 0 amide bonds. The number of nitrogens with zero attached hydrogens (tertiary/aromatic N) is 1. The molecule has 1 heterocycles. The van der Waals surface area contributed by atoms with E-state index in [9.17, 15) is 0 Å². The monoisotopic (exact) mass is 297 g/mol. The molecule has 1 aliphatic heterocycles. The van der Waals surface area contributed by atoms with Crippen LogP contribution < -0.4 is 0 Å². The van der Waals surface area contributed by atoms with Crippen LogP contribution in [0.4, 0.5) is 0 Å². The number of likely N-dealkylation sites (tertiary alicyclic amines) is 1. The number of hydrogen-bond donors (Lipinski definition) is 0. The molecule has 1 nitrogen and oxygen atoms in total. The van der Waals surface area contributed by atoms with Gasteiger partial charge in [0.1, 0.15) is 0 Å². The van der Waals surface area contributed by atoms with E-state index in [1.165, 1.54) is 51.6 Å². The lowest BCUT2D eigenvalue weighted by Gasteiger charge is -2.33. The molecule has 0 aliphatic carbocycles. The number of halogens is 1. The molecule has 2 heteroatoms. The first kappa shape index (κ1) is 13.7. The van der Waals surface area contributed by atoms with Crippen molar-refractivity contribution in [2.75, 3.05) is 13.1 Å². The van der Waals surface area contributed by atoms with Crippen LogP contribution in [-0.4, -0.2) is 24.0 Å². The van der Waals surface area contributed by atoms with Gasteiger partial charge in [0.25, 0.3) is 0 Å². The van der Waals surface area contributed by atoms with Crippen LogP contribution >= 0.6 is 24.0 Å². The summed E-state index contributed by atoms with van der Waals surface area (Å²) in [6.07, 6.45) is 8.40. The highest BCUT2D eigenvalue weighted by molar-refractivity contribution is 14.0. The molecule has 1 atom stereocenters. The van der Waals surface area contributed by atoms with Crippen LogP contribution in [-0.2, 0) is 0 Å². The third-order valence-electron chi connectivity index (χ3n) is 3.00. The molecule has 0 spiro atoms. The lowest BCUT2D eigenvalue weighted by Crippen LogP contribution is -2.38. The molecular formula is C11H24IN. The van der Waals surface area contributed by atoms with Gasteiger partial charge in [-0.3, -0.25) is 0 Å². The highest BCUT2D eigenvalue weighted by atomic mass is 127. The first-order chi connectivity index (χ1) is 5.88. The van der Waals surface area contributed by atoms with Crippen molar-refractivity contribution in [1.82, 2.24) is 4.90 Å². The number of rotatable bonds is 4. The second-order valence-electron chi connectivity index (χ2n) is 3.95. The van der Waals surface area contributed by atoms with E-state index in [4.69, 9.17) is 0 Å². The summed E-state index contributed by atoms with van der Waals surface area (Å²) in [6, 6.07) is 0.885. The molecule has 0 N–H and O–H groups in total. The first-order valence-corrected chi connectivity index (χ1v) is 5.62. The van der Waals surface area contributed by atoms with E-state index in [0.717, 1.165) is 6.04 Å². The van der Waals surface area contributed by atoms with Crippen LogP contribution in [0.25, 0.3) is 0 Å². The van der Waals surface area contributed by atoms with Gasteiger partial charge >= 0.3 is 0 Å². The molecule has 1 fully saturated rings. The molecule has 80 valence electrons. The third kappa shape index (κ3) is 4.63. The van der Waals surface area contributed by atoms with Crippen molar-refractivity contribution in [2.45, 2.75) is 58.4 Å². The molecule has 0 radical (unpaired) electrons. The zero-order valence-electron chi connectivity index (χ0n) is 9.09. The van der Waals surface area contributed by atoms with Gasteiger partial charge in [0, 0.05) is 6.04 Å². The Hall–Kier alpha value is 0.690. The average Bonchev–Trinajstić information content (AvgIpc) is 2.15. The molecule has 0 saturated carbocycles. The maximum absolute atomic E-state index is 2.70. The van der Waals surface area contributed by atoms with Crippen LogP contribution in [0.1, 0.15) is 52.4 Å². The molecule has 1 saturated heterocycles. The van der Waals surface area contributed by atoms with Gasteiger partial charge in [-0.05, 0) is 38.8 Å². The molecule has 0 aromatic rings. The fourth-order valence-corrected chi connectivity index (χ4v) is 2.26. The number of piperidine rings is 1. The lowest BCUT2D eigenvalue weighted by atomic mass is 10.0. The van der Waals surface area contributed by atoms with Crippen LogP contribution in [0.3, 0.4) is 0 Å². The van der Waals surface area contributed by atoms with E-state index in [2.05, 4.69) is 18.7 Å². The van der Waals surface area contributed by atoms with Gasteiger partial charge in [0.2, 0.25) is 0 Å². The van der Waals surface area contributed by atoms with Gasteiger partial charge in [-0.15, -0.1) is 24.0 Å². The topological polar surface area (TPSA) is 3.24 Å². The predicted molar refractivity (Wildman–Crippen MR) is 69.8 cm³/mol. The van der Waals surface area contributed by atoms with Crippen molar-refractivity contribution >= 4 is 24.0 Å². The summed E-state index contributed by atoms with van der Waals surface area (Å²) in [5.41, 5.74) is 0. The summed E-state index contributed by atoms with van der Waals surface area (Å²) in [6.45, 7) is 7.35. The van der Waals surface area contributed by atoms with Gasteiger partial charge < -0.3 is 4.90 Å². The molecular weight excluding hydrogens is 273 g/mol. The summed E-state index contributed by atoms with van der Waals surface area (Å²) in [5.74, 6) is 0. The first-order valence-electron chi connectivity index (χ1n) is 5.62. The molecule has 0 aromatic carbocycles. The summed E-state index contributed by atoms with van der Waals surface area (Å²) >= 11 is 0. The largest absolute Gasteiger partial charge is 0.300 e. The standard InChI is InChI=1S/C11H23N.HI/c1-3-8-11(4-2)12-9-6-5-7-10-12;/h11H,3-10H2,1-2H3;1H. The van der Waals surface area contributed by atoms with Gasteiger partial charge in [-0.25, -0.2) is 0 Å². The highest BCUT2D eigenvalue weighted by Crippen LogP contribution is 2.17. The van der Waals surface area contributed by atoms with Crippen molar-refractivity contribution in [1.29, 1.82) is 0 Å². The minimum absolute atomic E-state index is 0. The minimum atomic E-state index is 0. The van der Waals surface area contributed by atoms with Crippen molar-refractivity contribution < 1.29 is 0 Å². The second-order valence-corrected chi connectivity index (χ2v) is 3.95. The second kappa shape index (κ2) is 8.04. The Bertz CT molecular complexity index is 108. The van der Waals surface area contributed by atoms with Gasteiger partial charge in [-0.1, -0.05) is 26.7 Å². The van der Waals surface area contributed by atoms with E-state index in [-0.39, 0.29) is 24.0 Å². The molecule has 13 heavy (non-hydrogen) atoms.